The first kappa shape index (κ1) is 17.6. The molecule has 0 bridgehead atoms. The Hall–Kier alpha value is -2.25. The summed E-state index contributed by atoms with van der Waals surface area (Å²) in [5, 5.41) is 13.7. The van der Waals surface area contributed by atoms with Crippen molar-refractivity contribution in [3.8, 4) is 0 Å². The number of likely N-dealkylation sites (tertiary alicyclic amines) is 1. The molecule has 0 aromatic carbocycles. The predicted octanol–water partition coefficient (Wildman–Crippen LogP) is 1.31. The number of carbonyl (C=O) groups excluding carboxylic acids is 1. The molecule has 0 saturated carbocycles. The quantitative estimate of drug-likeness (QED) is 0.826. The third-order valence-electron chi connectivity index (χ3n) is 4.67. The monoisotopic (exact) mass is 343 g/mol. The van der Waals surface area contributed by atoms with E-state index in [-0.39, 0.29) is 5.91 Å². The zero-order valence-corrected chi connectivity index (χ0v) is 14.6. The fourth-order valence-corrected chi connectivity index (χ4v) is 3.22. The Morgan fingerprint density at radius 3 is 2.76 bits per heavy atom. The van der Waals surface area contributed by atoms with Crippen LogP contribution in [0.3, 0.4) is 0 Å². The first-order valence-electron chi connectivity index (χ1n) is 8.73. The number of anilines is 1. The van der Waals surface area contributed by atoms with Crippen molar-refractivity contribution in [2.24, 2.45) is 0 Å². The second kappa shape index (κ2) is 7.76. The van der Waals surface area contributed by atoms with Crippen LogP contribution in [0.4, 0.5) is 5.82 Å². The van der Waals surface area contributed by atoms with Gasteiger partial charge < -0.3 is 15.0 Å². The summed E-state index contributed by atoms with van der Waals surface area (Å²) in [7, 11) is 0. The van der Waals surface area contributed by atoms with E-state index in [0.29, 0.717) is 44.8 Å². The largest absolute Gasteiger partial charge is 0.388 e. The van der Waals surface area contributed by atoms with Crippen molar-refractivity contribution in [2.45, 2.75) is 38.3 Å². The number of carbonyl (C=O) groups is 1. The van der Waals surface area contributed by atoms with E-state index in [0.717, 1.165) is 12.2 Å². The number of hydrogen-bond acceptors (Lipinski definition) is 5. The molecule has 0 aliphatic carbocycles. The van der Waals surface area contributed by atoms with Gasteiger partial charge in [0.2, 0.25) is 5.91 Å². The lowest BCUT2D eigenvalue weighted by Crippen LogP contribution is -2.48. The molecule has 1 amide bonds. The zero-order valence-electron chi connectivity index (χ0n) is 14.6. The highest BCUT2D eigenvalue weighted by atomic mass is 16.3. The van der Waals surface area contributed by atoms with Crippen LogP contribution in [0.15, 0.2) is 36.8 Å². The van der Waals surface area contributed by atoms with Crippen molar-refractivity contribution in [3.05, 3.63) is 42.6 Å². The Labute approximate surface area is 147 Å². The van der Waals surface area contributed by atoms with Gasteiger partial charge in [-0.2, -0.15) is 0 Å². The normalized spacial score (nSPS) is 17.4. The summed E-state index contributed by atoms with van der Waals surface area (Å²) >= 11 is 0. The average Bonchev–Trinajstić information content (AvgIpc) is 3.05. The number of rotatable bonds is 6. The first-order valence-corrected chi connectivity index (χ1v) is 8.73. The summed E-state index contributed by atoms with van der Waals surface area (Å²) < 4.78 is 2.03. The standard InChI is InChI=1S/C18H25N5O2/c1-2-16-20-9-12-23(16)14-18(25)6-10-22(11-7-18)13-17(24)21-15-5-3-4-8-19-15/h3-5,8-9,12,25H,2,6-7,10-11,13-14H2,1H3,(H,19,21,24). The summed E-state index contributed by atoms with van der Waals surface area (Å²) in [6.07, 6.45) is 7.49. The first-order chi connectivity index (χ1) is 12.1. The Morgan fingerprint density at radius 2 is 2.08 bits per heavy atom. The molecular formula is C18H25N5O2. The molecule has 2 aromatic rings. The highest BCUT2D eigenvalue weighted by Crippen LogP contribution is 2.24. The van der Waals surface area contributed by atoms with E-state index in [1.54, 1.807) is 18.5 Å². The van der Waals surface area contributed by atoms with Crippen LogP contribution in [-0.4, -0.2) is 55.7 Å². The SMILES string of the molecule is CCc1nccn1CC1(O)CCN(CC(=O)Nc2ccccn2)CC1. The second-order valence-electron chi connectivity index (χ2n) is 6.59. The van der Waals surface area contributed by atoms with Gasteiger partial charge in [-0.3, -0.25) is 9.69 Å². The maximum absolute atomic E-state index is 12.1. The van der Waals surface area contributed by atoms with Crippen molar-refractivity contribution in [1.29, 1.82) is 0 Å². The molecule has 2 aromatic heterocycles. The third kappa shape index (κ3) is 4.64. The number of amides is 1. The van der Waals surface area contributed by atoms with Crippen molar-refractivity contribution in [2.75, 3.05) is 25.0 Å². The Kier molecular flexibility index (Phi) is 5.45. The van der Waals surface area contributed by atoms with Crippen molar-refractivity contribution < 1.29 is 9.90 Å². The number of aromatic nitrogens is 3. The number of pyridine rings is 1. The van der Waals surface area contributed by atoms with Gasteiger partial charge in [-0.25, -0.2) is 9.97 Å². The van der Waals surface area contributed by atoms with E-state index >= 15 is 0 Å². The van der Waals surface area contributed by atoms with Crippen LogP contribution in [0.25, 0.3) is 0 Å². The molecule has 1 aliphatic rings. The highest BCUT2D eigenvalue weighted by molar-refractivity contribution is 5.91. The molecule has 1 saturated heterocycles. The van der Waals surface area contributed by atoms with Gasteiger partial charge in [0.15, 0.2) is 0 Å². The number of imidazole rings is 1. The Morgan fingerprint density at radius 1 is 1.28 bits per heavy atom. The lowest BCUT2D eigenvalue weighted by atomic mass is 9.91. The summed E-state index contributed by atoms with van der Waals surface area (Å²) in [4.78, 5) is 22.6. The zero-order chi connectivity index (χ0) is 17.7. The van der Waals surface area contributed by atoms with E-state index in [1.165, 1.54) is 0 Å². The van der Waals surface area contributed by atoms with Crippen molar-refractivity contribution in [1.82, 2.24) is 19.4 Å². The number of nitrogens with zero attached hydrogens (tertiary/aromatic N) is 4. The van der Waals surface area contributed by atoms with Gasteiger partial charge in [-0.05, 0) is 25.0 Å². The third-order valence-corrected chi connectivity index (χ3v) is 4.67. The molecule has 3 heterocycles. The smallest absolute Gasteiger partial charge is 0.239 e. The lowest BCUT2D eigenvalue weighted by Gasteiger charge is -2.38. The molecule has 25 heavy (non-hydrogen) atoms. The Balaban J connectivity index is 1.48. The van der Waals surface area contributed by atoms with E-state index in [1.807, 2.05) is 22.9 Å². The van der Waals surface area contributed by atoms with Crippen LogP contribution in [0, 0.1) is 0 Å². The fourth-order valence-electron chi connectivity index (χ4n) is 3.22. The van der Waals surface area contributed by atoms with E-state index in [9.17, 15) is 9.90 Å². The molecule has 7 heteroatoms. The molecule has 0 radical (unpaired) electrons. The maximum Gasteiger partial charge on any atom is 0.239 e. The van der Waals surface area contributed by atoms with E-state index in [2.05, 4.69) is 27.1 Å². The van der Waals surface area contributed by atoms with Crippen LogP contribution in [0.1, 0.15) is 25.6 Å². The van der Waals surface area contributed by atoms with Gasteiger partial charge in [0.1, 0.15) is 11.6 Å². The average molecular weight is 343 g/mol. The number of piperidine rings is 1. The summed E-state index contributed by atoms with van der Waals surface area (Å²) in [5.74, 6) is 1.48. The van der Waals surface area contributed by atoms with Crippen molar-refractivity contribution >= 4 is 11.7 Å². The summed E-state index contributed by atoms with van der Waals surface area (Å²) in [6.45, 7) is 4.33. The highest BCUT2D eigenvalue weighted by Gasteiger charge is 2.33. The van der Waals surface area contributed by atoms with Crippen LogP contribution in [0.5, 0.6) is 0 Å². The van der Waals surface area contributed by atoms with Gasteiger partial charge in [-0.1, -0.05) is 13.0 Å². The minimum Gasteiger partial charge on any atom is -0.388 e. The van der Waals surface area contributed by atoms with Crippen LogP contribution in [0.2, 0.25) is 0 Å². The minimum absolute atomic E-state index is 0.0768. The molecule has 0 spiro atoms. The molecule has 1 aliphatic heterocycles. The van der Waals surface area contributed by atoms with Gasteiger partial charge in [0.05, 0.1) is 18.7 Å². The van der Waals surface area contributed by atoms with Crippen LogP contribution in [-0.2, 0) is 17.8 Å². The van der Waals surface area contributed by atoms with Crippen LogP contribution >= 0.6 is 0 Å². The van der Waals surface area contributed by atoms with Crippen LogP contribution < -0.4 is 5.32 Å². The molecule has 0 atom stereocenters. The molecule has 134 valence electrons. The number of aliphatic hydroxyl groups is 1. The molecule has 2 N–H and O–H groups in total. The van der Waals surface area contributed by atoms with E-state index in [4.69, 9.17) is 0 Å². The number of hydrogen-bond donors (Lipinski definition) is 2. The minimum atomic E-state index is -0.738. The van der Waals surface area contributed by atoms with Gasteiger partial charge in [0.25, 0.3) is 0 Å². The van der Waals surface area contributed by atoms with Gasteiger partial charge >= 0.3 is 0 Å². The topological polar surface area (TPSA) is 83.3 Å². The van der Waals surface area contributed by atoms with Gasteiger partial charge in [-0.15, -0.1) is 0 Å². The van der Waals surface area contributed by atoms with Gasteiger partial charge in [0, 0.05) is 38.1 Å². The second-order valence-corrected chi connectivity index (χ2v) is 6.59. The number of aryl methyl sites for hydroxylation is 1. The predicted molar refractivity (Wildman–Crippen MR) is 95.1 cm³/mol. The fraction of sp³-hybridized carbons (Fsp3) is 0.500. The maximum atomic E-state index is 12.1. The summed E-state index contributed by atoms with van der Waals surface area (Å²) in [6, 6.07) is 5.42. The number of nitrogens with one attached hydrogen (secondary N) is 1. The molecular weight excluding hydrogens is 318 g/mol. The molecule has 1 fully saturated rings. The summed E-state index contributed by atoms with van der Waals surface area (Å²) in [5.41, 5.74) is -0.738. The Bertz CT molecular complexity index is 693. The van der Waals surface area contributed by atoms with Crippen molar-refractivity contribution in [3.63, 3.8) is 0 Å². The van der Waals surface area contributed by atoms with E-state index < -0.39 is 5.60 Å². The lowest BCUT2D eigenvalue weighted by molar-refractivity contribution is -0.118. The molecule has 7 nitrogen and oxygen atoms in total. The molecule has 0 unspecified atom stereocenters. The molecule has 3 rings (SSSR count).